The second kappa shape index (κ2) is 5.48. The van der Waals surface area contributed by atoms with Crippen molar-refractivity contribution < 1.29 is 0 Å². The predicted octanol–water partition coefficient (Wildman–Crippen LogP) is 1.22. The molecule has 1 saturated carbocycles. The Balaban J connectivity index is 2.15. The summed E-state index contributed by atoms with van der Waals surface area (Å²) in [6, 6.07) is 0.487. The maximum absolute atomic E-state index is 11.4. The molecule has 0 radical (unpaired) electrons. The summed E-state index contributed by atoms with van der Waals surface area (Å²) in [6.45, 7) is 4.61. The number of thioether (sulfide) groups is 1. The number of hydrogen-bond acceptors (Lipinski definition) is 4. The predicted molar refractivity (Wildman–Crippen MR) is 73.9 cm³/mol. The van der Waals surface area contributed by atoms with Crippen molar-refractivity contribution in [2.75, 3.05) is 7.05 Å². The molecule has 18 heavy (non-hydrogen) atoms. The molecule has 0 aromatic carbocycles. The molecule has 0 bridgehead atoms. The fourth-order valence-corrected chi connectivity index (χ4v) is 4.21. The normalized spacial score (nSPS) is 32.7. The average Bonchev–Trinajstić information content (AvgIpc) is 2.63. The summed E-state index contributed by atoms with van der Waals surface area (Å²) >= 11 is 1.71. The number of aromatic amines is 1. The number of H-pyrrole nitrogens is 1. The van der Waals surface area contributed by atoms with Crippen LogP contribution in [-0.2, 0) is 7.05 Å². The van der Waals surface area contributed by atoms with Crippen LogP contribution in [0.5, 0.6) is 0 Å². The van der Waals surface area contributed by atoms with E-state index in [-0.39, 0.29) is 5.69 Å². The van der Waals surface area contributed by atoms with E-state index in [1.165, 1.54) is 12.8 Å². The van der Waals surface area contributed by atoms with Crippen molar-refractivity contribution in [2.24, 2.45) is 18.9 Å². The number of rotatable bonds is 3. The lowest BCUT2D eigenvalue weighted by Gasteiger charge is -2.38. The average molecular weight is 270 g/mol. The van der Waals surface area contributed by atoms with E-state index in [2.05, 4.69) is 29.4 Å². The van der Waals surface area contributed by atoms with E-state index in [9.17, 15) is 4.79 Å². The van der Waals surface area contributed by atoms with Crippen molar-refractivity contribution >= 4 is 11.8 Å². The second-order valence-electron chi connectivity index (χ2n) is 5.40. The van der Waals surface area contributed by atoms with E-state index >= 15 is 0 Å². The molecule has 1 heterocycles. The Hall–Kier alpha value is -0.750. The highest BCUT2D eigenvalue weighted by Gasteiger charge is 2.34. The lowest BCUT2D eigenvalue weighted by molar-refractivity contribution is 0.256. The van der Waals surface area contributed by atoms with Crippen molar-refractivity contribution in [3.63, 3.8) is 0 Å². The third-order valence-corrected chi connectivity index (χ3v) is 5.48. The minimum atomic E-state index is -0.143. The monoisotopic (exact) mass is 270 g/mol. The zero-order chi connectivity index (χ0) is 13.3. The summed E-state index contributed by atoms with van der Waals surface area (Å²) < 4.78 is 1.59. The van der Waals surface area contributed by atoms with E-state index in [4.69, 9.17) is 0 Å². The lowest BCUT2D eigenvalue weighted by atomic mass is 9.80. The van der Waals surface area contributed by atoms with Crippen LogP contribution in [0.4, 0.5) is 0 Å². The molecule has 0 spiro atoms. The molecule has 0 amide bonds. The van der Waals surface area contributed by atoms with Crippen molar-refractivity contribution in [2.45, 2.75) is 43.1 Å². The first-order valence-electron chi connectivity index (χ1n) is 6.48. The fraction of sp³-hybridized carbons (Fsp3) is 0.833. The van der Waals surface area contributed by atoms with E-state index < -0.39 is 0 Å². The van der Waals surface area contributed by atoms with Crippen LogP contribution in [0.2, 0.25) is 0 Å². The van der Waals surface area contributed by atoms with Gasteiger partial charge in [0.15, 0.2) is 5.16 Å². The molecule has 1 fully saturated rings. The number of hydrogen-bond donors (Lipinski definition) is 2. The lowest BCUT2D eigenvalue weighted by Crippen LogP contribution is -2.45. The Bertz CT molecular complexity index is 455. The summed E-state index contributed by atoms with van der Waals surface area (Å²) in [5, 5.41) is 11.3. The van der Waals surface area contributed by atoms with Gasteiger partial charge in [0, 0.05) is 18.3 Å². The number of nitrogens with one attached hydrogen (secondary N) is 2. The van der Waals surface area contributed by atoms with Crippen LogP contribution in [0.25, 0.3) is 0 Å². The first kappa shape index (κ1) is 13.7. The molecule has 1 aromatic heterocycles. The molecule has 102 valence electrons. The second-order valence-corrected chi connectivity index (χ2v) is 6.55. The van der Waals surface area contributed by atoms with Crippen LogP contribution >= 0.6 is 11.8 Å². The summed E-state index contributed by atoms with van der Waals surface area (Å²) in [7, 11) is 3.78. The van der Waals surface area contributed by atoms with Crippen LogP contribution in [0.15, 0.2) is 9.95 Å². The van der Waals surface area contributed by atoms with Crippen LogP contribution in [0, 0.1) is 11.8 Å². The molecule has 2 N–H and O–H groups in total. The van der Waals surface area contributed by atoms with Gasteiger partial charge in [-0.25, -0.2) is 9.89 Å². The zero-order valence-corrected chi connectivity index (χ0v) is 12.3. The molecule has 4 unspecified atom stereocenters. The smallest absolute Gasteiger partial charge is 0.316 e. The Labute approximate surface area is 112 Å². The Morgan fingerprint density at radius 2 is 2.17 bits per heavy atom. The van der Waals surface area contributed by atoms with Crippen molar-refractivity contribution in [3.05, 3.63) is 10.5 Å². The van der Waals surface area contributed by atoms with E-state index in [0.29, 0.717) is 17.2 Å². The van der Waals surface area contributed by atoms with E-state index in [1.54, 1.807) is 23.4 Å². The van der Waals surface area contributed by atoms with Crippen LogP contribution in [0.1, 0.15) is 26.7 Å². The molecule has 2 rings (SSSR count). The Kier molecular flexibility index (Phi) is 4.17. The highest BCUT2D eigenvalue weighted by molar-refractivity contribution is 7.99. The van der Waals surface area contributed by atoms with Gasteiger partial charge in [-0.1, -0.05) is 25.6 Å². The number of aromatic nitrogens is 3. The molecule has 0 aliphatic heterocycles. The van der Waals surface area contributed by atoms with Gasteiger partial charge in [0.05, 0.1) is 0 Å². The highest BCUT2D eigenvalue weighted by atomic mass is 32.2. The summed E-state index contributed by atoms with van der Waals surface area (Å²) in [4.78, 5) is 11.4. The topological polar surface area (TPSA) is 62.7 Å². The largest absolute Gasteiger partial charge is 0.343 e. The van der Waals surface area contributed by atoms with Gasteiger partial charge in [-0.3, -0.25) is 4.57 Å². The minimum absolute atomic E-state index is 0.143. The minimum Gasteiger partial charge on any atom is -0.316 e. The molecule has 4 atom stereocenters. The third-order valence-electron chi connectivity index (χ3n) is 3.84. The van der Waals surface area contributed by atoms with Gasteiger partial charge in [0.25, 0.3) is 0 Å². The van der Waals surface area contributed by atoms with Gasteiger partial charge in [-0.15, -0.1) is 5.10 Å². The van der Waals surface area contributed by atoms with E-state index in [0.717, 1.165) is 11.1 Å². The molecule has 0 saturated heterocycles. The molecule has 1 aromatic rings. The Morgan fingerprint density at radius 3 is 2.72 bits per heavy atom. The van der Waals surface area contributed by atoms with Crippen LogP contribution in [-0.4, -0.2) is 33.1 Å². The van der Waals surface area contributed by atoms with Gasteiger partial charge in [0.1, 0.15) is 0 Å². The summed E-state index contributed by atoms with van der Waals surface area (Å²) in [6.07, 6.45) is 2.44. The standard InChI is InChI=1S/C12H22N4OS/c1-7-5-8(2)10(9(6-7)13-3)18-12-15-14-11(17)16(12)4/h7-10,13H,5-6H2,1-4H3,(H,14,17). The maximum atomic E-state index is 11.4. The number of nitrogens with zero attached hydrogens (tertiary/aromatic N) is 2. The molecule has 5 nitrogen and oxygen atoms in total. The van der Waals surface area contributed by atoms with Gasteiger partial charge >= 0.3 is 5.69 Å². The fourth-order valence-electron chi connectivity index (χ4n) is 2.87. The van der Waals surface area contributed by atoms with Gasteiger partial charge < -0.3 is 5.32 Å². The van der Waals surface area contributed by atoms with Gasteiger partial charge in [-0.2, -0.15) is 0 Å². The third kappa shape index (κ3) is 2.64. The first-order valence-corrected chi connectivity index (χ1v) is 7.36. The SMILES string of the molecule is CNC1CC(C)CC(C)C1Sc1n[nH]c(=O)n1C. The van der Waals surface area contributed by atoms with Crippen LogP contribution < -0.4 is 11.0 Å². The maximum Gasteiger partial charge on any atom is 0.343 e. The van der Waals surface area contributed by atoms with E-state index in [1.807, 2.05) is 7.05 Å². The molecule has 1 aliphatic rings. The highest BCUT2D eigenvalue weighted by Crippen LogP contribution is 2.38. The van der Waals surface area contributed by atoms with Crippen molar-refractivity contribution in [1.29, 1.82) is 0 Å². The van der Waals surface area contributed by atoms with Crippen LogP contribution in [0.3, 0.4) is 0 Å². The zero-order valence-electron chi connectivity index (χ0n) is 11.4. The summed E-state index contributed by atoms with van der Waals surface area (Å²) in [5.41, 5.74) is -0.143. The van der Waals surface area contributed by atoms with Crippen molar-refractivity contribution in [1.82, 2.24) is 20.1 Å². The quantitative estimate of drug-likeness (QED) is 0.867. The van der Waals surface area contributed by atoms with Gasteiger partial charge in [0.2, 0.25) is 0 Å². The first-order chi connectivity index (χ1) is 8.52. The molecular formula is C12H22N4OS. The molecular weight excluding hydrogens is 248 g/mol. The van der Waals surface area contributed by atoms with Gasteiger partial charge in [-0.05, 0) is 31.7 Å². The molecule has 1 aliphatic carbocycles. The summed E-state index contributed by atoms with van der Waals surface area (Å²) in [5.74, 6) is 1.39. The Morgan fingerprint density at radius 1 is 1.44 bits per heavy atom. The van der Waals surface area contributed by atoms with Crippen molar-refractivity contribution in [3.8, 4) is 0 Å². The molecule has 6 heteroatoms.